The van der Waals surface area contributed by atoms with Gasteiger partial charge in [0.15, 0.2) is 6.29 Å². The van der Waals surface area contributed by atoms with Crippen molar-refractivity contribution in [2.75, 3.05) is 19.7 Å². The van der Waals surface area contributed by atoms with Crippen molar-refractivity contribution >= 4 is 5.97 Å². The van der Waals surface area contributed by atoms with Crippen LogP contribution in [0.25, 0.3) is 0 Å². The highest BCUT2D eigenvalue weighted by molar-refractivity contribution is 5.72. The minimum absolute atomic E-state index is 0.162. The summed E-state index contributed by atoms with van der Waals surface area (Å²) in [6.45, 7) is 18.3. The van der Waals surface area contributed by atoms with Crippen LogP contribution in [0.3, 0.4) is 0 Å². The second kappa shape index (κ2) is 13.4. The van der Waals surface area contributed by atoms with Gasteiger partial charge in [0, 0.05) is 25.1 Å². The van der Waals surface area contributed by atoms with E-state index in [1.54, 1.807) is 0 Å². The van der Waals surface area contributed by atoms with Crippen molar-refractivity contribution in [2.24, 2.45) is 35.3 Å². The summed E-state index contributed by atoms with van der Waals surface area (Å²) in [5, 5.41) is 0. The molecule has 0 aromatic heterocycles. The largest absolute Gasteiger partial charge is 0.418 e. The van der Waals surface area contributed by atoms with Gasteiger partial charge in [0.2, 0.25) is 0 Å². The van der Waals surface area contributed by atoms with Crippen LogP contribution in [0, 0.1) is 29.6 Å². The number of cyclic esters (lactones) is 1. The van der Waals surface area contributed by atoms with E-state index in [4.69, 9.17) is 19.9 Å². The van der Waals surface area contributed by atoms with Gasteiger partial charge in [0.25, 0.3) is 5.91 Å². The number of hydrogen-bond donors (Lipinski definition) is 1. The molecule has 0 radical (unpaired) electrons. The Labute approximate surface area is 203 Å². The molecule has 0 amide bonds. The number of carbonyl (C=O) groups excluding carboxylic acids is 1. The zero-order chi connectivity index (χ0) is 24.6. The van der Waals surface area contributed by atoms with Crippen molar-refractivity contribution < 1.29 is 19.0 Å². The summed E-state index contributed by atoms with van der Waals surface area (Å²) in [6, 6.07) is 0.316. The standard InChI is InChI=1S/C27H52N2O4/c1-8-12-29-18-21(4)15-19(2)14-20(3)16-22(5)26(30)33-27(28,23(6)17-24(29)7)32-25-11-9-10-13-31-25/h19-25H,8-18,28H2,1-7H3. The lowest BCUT2D eigenvalue weighted by atomic mass is 9.85. The van der Waals surface area contributed by atoms with E-state index < -0.39 is 12.2 Å². The Bertz CT molecular complexity index is 582. The number of nitrogens with two attached hydrogens (primary N) is 1. The van der Waals surface area contributed by atoms with E-state index in [2.05, 4.69) is 39.5 Å². The van der Waals surface area contributed by atoms with Crippen LogP contribution >= 0.6 is 0 Å². The van der Waals surface area contributed by atoms with Crippen LogP contribution in [0.15, 0.2) is 0 Å². The summed E-state index contributed by atoms with van der Waals surface area (Å²) in [6.07, 6.45) is 7.49. The first-order valence-electron chi connectivity index (χ1n) is 13.6. The first-order valence-corrected chi connectivity index (χ1v) is 13.6. The van der Waals surface area contributed by atoms with Gasteiger partial charge in [-0.1, -0.05) is 41.5 Å². The summed E-state index contributed by atoms with van der Waals surface area (Å²) >= 11 is 0. The molecule has 0 aromatic carbocycles. The lowest BCUT2D eigenvalue weighted by molar-refractivity contribution is -0.322. The third-order valence-corrected chi connectivity index (χ3v) is 7.54. The molecule has 8 unspecified atom stereocenters. The fraction of sp³-hybridized carbons (Fsp3) is 0.963. The maximum absolute atomic E-state index is 13.1. The van der Waals surface area contributed by atoms with E-state index in [0.717, 1.165) is 58.0 Å². The summed E-state index contributed by atoms with van der Waals surface area (Å²) < 4.78 is 18.0. The zero-order valence-electron chi connectivity index (χ0n) is 22.5. The van der Waals surface area contributed by atoms with Crippen LogP contribution in [0.4, 0.5) is 0 Å². The van der Waals surface area contributed by atoms with E-state index in [1.807, 2.05) is 13.8 Å². The molecular formula is C27H52N2O4. The van der Waals surface area contributed by atoms with Gasteiger partial charge in [-0.2, -0.15) is 0 Å². The first kappa shape index (κ1) is 28.5. The second-order valence-electron chi connectivity index (χ2n) is 11.5. The molecule has 2 rings (SSSR count). The smallest absolute Gasteiger partial charge is 0.312 e. The molecule has 0 spiro atoms. The van der Waals surface area contributed by atoms with Crippen LogP contribution in [-0.4, -0.2) is 48.8 Å². The number of rotatable bonds is 4. The summed E-state index contributed by atoms with van der Waals surface area (Å²) in [7, 11) is 0. The Morgan fingerprint density at radius 3 is 2.30 bits per heavy atom. The van der Waals surface area contributed by atoms with E-state index in [-0.39, 0.29) is 17.8 Å². The molecule has 2 heterocycles. The molecular weight excluding hydrogens is 416 g/mol. The lowest BCUT2D eigenvalue weighted by Gasteiger charge is -2.41. The molecule has 2 aliphatic heterocycles. The number of hydrogen-bond acceptors (Lipinski definition) is 6. The van der Waals surface area contributed by atoms with Crippen molar-refractivity contribution in [3.63, 3.8) is 0 Å². The molecule has 2 N–H and O–H groups in total. The average molecular weight is 469 g/mol. The average Bonchev–Trinajstić information content (AvgIpc) is 2.72. The quantitative estimate of drug-likeness (QED) is 0.431. The van der Waals surface area contributed by atoms with Crippen molar-refractivity contribution in [2.45, 2.75) is 118 Å². The molecule has 8 atom stereocenters. The summed E-state index contributed by atoms with van der Waals surface area (Å²) in [4.78, 5) is 15.7. The molecule has 0 bridgehead atoms. The van der Waals surface area contributed by atoms with Crippen LogP contribution in [0.1, 0.15) is 99.8 Å². The van der Waals surface area contributed by atoms with Crippen LogP contribution in [0.5, 0.6) is 0 Å². The van der Waals surface area contributed by atoms with E-state index >= 15 is 0 Å². The van der Waals surface area contributed by atoms with Gasteiger partial charge in [-0.15, -0.1) is 0 Å². The Hall–Kier alpha value is -0.690. The Morgan fingerprint density at radius 2 is 1.67 bits per heavy atom. The normalized spacial score (nSPS) is 41.1. The van der Waals surface area contributed by atoms with Gasteiger partial charge in [-0.25, -0.2) is 0 Å². The molecule has 0 aromatic rings. The minimum Gasteiger partial charge on any atom is -0.418 e. The van der Waals surface area contributed by atoms with Crippen molar-refractivity contribution in [3.8, 4) is 0 Å². The third-order valence-electron chi connectivity index (χ3n) is 7.54. The van der Waals surface area contributed by atoms with Crippen LogP contribution in [-0.2, 0) is 19.0 Å². The predicted molar refractivity (Wildman–Crippen MR) is 133 cm³/mol. The first-order chi connectivity index (χ1) is 15.5. The highest BCUT2D eigenvalue weighted by atomic mass is 16.8. The van der Waals surface area contributed by atoms with Crippen molar-refractivity contribution in [1.29, 1.82) is 0 Å². The molecule has 6 heteroatoms. The highest BCUT2D eigenvalue weighted by Gasteiger charge is 2.42. The monoisotopic (exact) mass is 468 g/mol. The number of carbonyl (C=O) groups is 1. The molecule has 33 heavy (non-hydrogen) atoms. The van der Waals surface area contributed by atoms with E-state index in [0.29, 0.717) is 30.4 Å². The summed E-state index contributed by atoms with van der Waals surface area (Å²) in [5.74, 6) is -0.395. The van der Waals surface area contributed by atoms with Gasteiger partial charge < -0.3 is 14.4 Å². The number of nitrogens with zero attached hydrogens (tertiary/aromatic N) is 1. The lowest BCUT2D eigenvalue weighted by Crippen LogP contribution is -2.56. The van der Waals surface area contributed by atoms with Crippen molar-refractivity contribution in [1.82, 2.24) is 4.90 Å². The van der Waals surface area contributed by atoms with E-state index in [1.165, 1.54) is 6.42 Å². The fourth-order valence-electron chi connectivity index (χ4n) is 5.85. The van der Waals surface area contributed by atoms with Crippen LogP contribution in [0.2, 0.25) is 0 Å². The van der Waals surface area contributed by atoms with Crippen molar-refractivity contribution in [3.05, 3.63) is 0 Å². The van der Waals surface area contributed by atoms with Gasteiger partial charge in [-0.3, -0.25) is 15.3 Å². The molecule has 6 nitrogen and oxygen atoms in total. The molecule has 0 aliphatic carbocycles. The summed E-state index contributed by atoms with van der Waals surface area (Å²) in [5.41, 5.74) is 6.77. The molecule has 2 fully saturated rings. The second-order valence-corrected chi connectivity index (χ2v) is 11.5. The Kier molecular flexibility index (Phi) is 11.6. The Balaban J connectivity index is 2.28. The number of esters is 1. The molecule has 2 aliphatic rings. The van der Waals surface area contributed by atoms with Gasteiger partial charge in [0.05, 0.1) is 5.92 Å². The van der Waals surface area contributed by atoms with Gasteiger partial charge in [0.1, 0.15) is 0 Å². The third kappa shape index (κ3) is 9.12. The highest BCUT2D eigenvalue weighted by Crippen LogP contribution is 2.32. The molecule has 2 saturated heterocycles. The maximum Gasteiger partial charge on any atom is 0.312 e. The van der Waals surface area contributed by atoms with Gasteiger partial charge in [-0.05, 0) is 82.6 Å². The number of ether oxygens (including phenoxy) is 3. The molecule has 0 saturated carbocycles. The zero-order valence-corrected chi connectivity index (χ0v) is 22.5. The predicted octanol–water partition coefficient (Wildman–Crippen LogP) is 5.54. The fourth-order valence-corrected chi connectivity index (χ4v) is 5.85. The van der Waals surface area contributed by atoms with Gasteiger partial charge >= 0.3 is 5.97 Å². The SMILES string of the molecule is CCCN1CC(C)CC(C)CC(C)CC(C)C(=O)OC(N)(OC2CCCCO2)C(C)CC1C. The van der Waals surface area contributed by atoms with Crippen LogP contribution < -0.4 is 5.73 Å². The Morgan fingerprint density at radius 1 is 1.00 bits per heavy atom. The van der Waals surface area contributed by atoms with E-state index in [9.17, 15) is 4.79 Å². The topological polar surface area (TPSA) is 74.0 Å². The minimum atomic E-state index is -1.48. The molecule has 194 valence electrons. The maximum atomic E-state index is 13.1.